The second-order valence-corrected chi connectivity index (χ2v) is 5.86. The average molecular weight is 380 g/mol. The summed E-state index contributed by atoms with van der Waals surface area (Å²) >= 11 is 0. The number of hydrogen-bond donors (Lipinski definition) is 0. The molecule has 0 unspecified atom stereocenters. The molecule has 1 aliphatic heterocycles. The van der Waals surface area contributed by atoms with Crippen molar-refractivity contribution in [1.29, 1.82) is 5.26 Å². The first-order chi connectivity index (χ1) is 13.6. The van der Waals surface area contributed by atoms with Gasteiger partial charge in [0.2, 0.25) is 5.90 Å². The number of hydrogen-bond acceptors (Lipinski definition) is 7. The fourth-order valence-corrected chi connectivity index (χ4v) is 2.44. The summed E-state index contributed by atoms with van der Waals surface area (Å²) in [4.78, 5) is 21.9. The Morgan fingerprint density at radius 2 is 1.93 bits per heavy atom. The van der Waals surface area contributed by atoms with E-state index in [2.05, 4.69) is 5.10 Å². The Morgan fingerprint density at radius 3 is 2.57 bits per heavy atom. The van der Waals surface area contributed by atoms with Crippen LogP contribution in [0.5, 0.6) is 5.75 Å². The summed E-state index contributed by atoms with van der Waals surface area (Å²) in [5.41, 5.74) is 1.52. The minimum absolute atomic E-state index is 0.0312. The highest BCUT2D eigenvalue weighted by Crippen LogP contribution is 2.18. The smallest absolute Gasteiger partial charge is 0.280 e. The van der Waals surface area contributed by atoms with Gasteiger partial charge in [-0.05, 0) is 42.0 Å². The minimum atomic E-state index is -0.450. The number of ether oxygens (including phenoxy) is 2. The quantitative estimate of drug-likeness (QED) is 0.538. The molecule has 0 saturated carbocycles. The number of nitro groups is 1. The molecule has 0 radical (unpaired) electrons. The number of rotatable bonds is 7. The van der Waals surface area contributed by atoms with E-state index >= 15 is 0 Å². The molecule has 3 rings (SSSR count). The van der Waals surface area contributed by atoms with Crippen LogP contribution in [0.3, 0.4) is 0 Å². The maximum atomic E-state index is 11.7. The van der Waals surface area contributed by atoms with Gasteiger partial charge < -0.3 is 9.47 Å². The topological polar surface area (TPSA) is 118 Å². The van der Waals surface area contributed by atoms with Crippen LogP contribution in [-0.2, 0) is 16.1 Å². The molecule has 0 N–H and O–H groups in total. The number of hydrazone groups is 1. The molecule has 0 spiro atoms. The van der Waals surface area contributed by atoms with E-state index < -0.39 is 4.92 Å². The predicted molar refractivity (Wildman–Crippen MR) is 98.3 cm³/mol. The molecule has 0 atom stereocenters. The van der Waals surface area contributed by atoms with Gasteiger partial charge in [0.15, 0.2) is 6.61 Å². The summed E-state index contributed by atoms with van der Waals surface area (Å²) in [6, 6.07) is 15.1. The van der Waals surface area contributed by atoms with Gasteiger partial charge in [-0.3, -0.25) is 14.9 Å². The van der Waals surface area contributed by atoms with Crippen LogP contribution in [-0.4, -0.2) is 34.9 Å². The summed E-state index contributed by atoms with van der Waals surface area (Å²) < 4.78 is 11.0. The van der Waals surface area contributed by atoms with Gasteiger partial charge in [-0.15, -0.1) is 5.10 Å². The number of nitrogens with zero attached hydrogens (tertiary/aromatic N) is 4. The number of non-ortho nitro benzene ring substituents is 1. The molecular weight excluding hydrogens is 364 g/mol. The van der Waals surface area contributed by atoms with E-state index in [0.717, 1.165) is 5.56 Å². The molecule has 2 aromatic carbocycles. The van der Waals surface area contributed by atoms with Gasteiger partial charge in [-0.1, -0.05) is 0 Å². The van der Waals surface area contributed by atoms with Gasteiger partial charge in [0, 0.05) is 17.7 Å². The van der Waals surface area contributed by atoms with Crippen LogP contribution in [0.2, 0.25) is 0 Å². The van der Waals surface area contributed by atoms with E-state index in [4.69, 9.17) is 14.7 Å². The van der Waals surface area contributed by atoms with Crippen molar-refractivity contribution >= 4 is 17.5 Å². The molecule has 0 aromatic heterocycles. The summed E-state index contributed by atoms with van der Waals surface area (Å²) in [7, 11) is 0. The number of amides is 1. The minimum Gasteiger partial charge on any atom is -0.489 e. The molecule has 1 aliphatic rings. The molecule has 142 valence electrons. The van der Waals surface area contributed by atoms with Crippen LogP contribution in [0.1, 0.15) is 17.5 Å². The van der Waals surface area contributed by atoms with E-state index in [1.54, 1.807) is 36.4 Å². The number of carbonyl (C=O) groups excluding carboxylic acids is 1. The van der Waals surface area contributed by atoms with Crippen molar-refractivity contribution in [3.05, 3.63) is 69.8 Å². The van der Waals surface area contributed by atoms with Gasteiger partial charge in [-0.25, -0.2) is 5.01 Å². The summed E-state index contributed by atoms with van der Waals surface area (Å²) in [6.45, 7) is 0.368. The number of benzene rings is 2. The molecule has 0 fully saturated rings. The van der Waals surface area contributed by atoms with Crippen LogP contribution in [0, 0.1) is 21.4 Å². The van der Waals surface area contributed by atoms with Crippen LogP contribution >= 0.6 is 0 Å². The van der Waals surface area contributed by atoms with Crippen LogP contribution in [0.15, 0.2) is 53.6 Å². The van der Waals surface area contributed by atoms with Gasteiger partial charge >= 0.3 is 0 Å². The van der Waals surface area contributed by atoms with E-state index in [1.165, 1.54) is 17.1 Å². The fourth-order valence-electron chi connectivity index (χ4n) is 2.44. The molecule has 9 nitrogen and oxygen atoms in total. The molecule has 1 amide bonds. The Balaban J connectivity index is 1.62. The lowest BCUT2D eigenvalue weighted by atomic mass is 10.2. The Bertz CT molecular complexity index is 932. The van der Waals surface area contributed by atoms with Gasteiger partial charge in [0.25, 0.3) is 11.6 Å². The SMILES string of the molecule is N#CCCN1N=C(c2ccc(OCc3ccc([N+](=O)[O-])cc3)cc2)OCC1=O. The van der Waals surface area contributed by atoms with E-state index in [9.17, 15) is 14.9 Å². The number of nitro benzene ring substituents is 1. The zero-order valence-corrected chi connectivity index (χ0v) is 14.8. The lowest BCUT2D eigenvalue weighted by Gasteiger charge is -2.23. The van der Waals surface area contributed by atoms with Crippen molar-refractivity contribution < 1.29 is 19.2 Å². The zero-order valence-electron chi connectivity index (χ0n) is 14.8. The first kappa shape index (κ1) is 18.8. The van der Waals surface area contributed by atoms with E-state index in [1.807, 2.05) is 6.07 Å². The Kier molecular flexibility index (Phi) is 5.81. The maximum Gasteiger partial charge on any atom is 0.280 e. The first-order valence-corrected chi connectivity index (χ1v) is 8.42. The molecule has 28 heavy (non-hydrogen) atoms. The van der Waals surface area contributed by atoms with Crippen molar-refractivity contribution in [2.45, 2.75) is 13.0 Å². The van der Waals surface area contributed by atoms with Crippen molar-refractivity contribution in [1.82, 2.24) is 5.01 Å². The lowest BCUT2D eigenvalue weighted by Crippen LogP contribution is -2.37. The summed E-state index contributed by atoms with van der Waals surface area (Å²) in [6.07, 6.45) is 0.192. The first-order valence-electron chi connectivity index (χ1n) is 8.42. The largest absolute Gasteiger partial charge is 0.489 e. The van der Waals surface area contributed by atoms with Crippen LogP contribution in [0.25, 0.3) is 0 Å². The highest BCUT2D eigenvalue weighted by Gasteiger charge is 2.22. The molecule has 0 saturated heterocycles. The van der Waals surface area contributed by atoms with Crippen molar-refractivity contribution in [3.63, 3.8) is 0 Å². The Labute approximate surface area is 160 Å². The maximum absolute atomic E-state index is 11.7. The molecule has 9 heteroatoms. The molecule has 0 bridgehead atoms. The molecular formula is C19H16N4O5. The van der Waals surface area contributed by atoms with Crippen molar-refractivity contribution in [3.8, 4) is 11.8 Å². The van der Waals surface area contributed by atoms with E-state index in [0.29, 0.717) is 17.2 Å². The Hall–Kier alpha value is -3.93. The van der Waals surface area contributed by atoms with Gasteiger partial charge in [0.1, 0.15) is 12.4 Å². The predicted octanol–water partition coefficient (Wildman–Crippen LogP) is 2.61. The number of nitriles is 1. The lowest BCUT2D eigenvalue weighted by molar-refractivity contribution is -0.384. The summed E-state index contributed by atoms with van der Waals surface area (Å²) in [5, 5.41) is 24.7. The van der Waals surface area contributed by atoms with Gasteiger partial charge in [-0.2, -0.15) is 5.26 Å². The normalized spacial score (nSPS) is 13.3. The Morgan fingerprint density at radius 1 is 1.21 bits per heavy atom. The third kappa shape index (κ3) is 4.62. The summed E-state index contributed by atoms with van der Waals surface area (Å²) in [5.74, 6) is 0.623. The van der Waals surface area contributed by atoms with Gasteiger partial charge in [0.05, 0.1) is 24.0 Å². The fraction of sp³-hybridized carbons (Fsp3) is 0.211. The van der Waals surface area contributed by atoms with E-state index in [-0.39, 0.29) is 37.8 Å². The number of carbonyl (C=O) groups is 1. The second kappa shape index (κ2) is 8.64. The monoisotopic (exact) mass is 380 g/mol. The molecule has 1 heterocycles. The van der Waals surface area contributed by atoms with Crippen molar-refractivity contribution in [2.75, 3.05) is 13.2 Å². The van der Waals surface area contributed by atoms with Crippen LogP contribution < -0.4 is 4.74 Å². The third-order valence-corrected chi connectivity index (χ3v) is 3.92. The highest BCUT2D eigenvalue weighted by molar-refractivity contribution is 5.98. The molecule has 2 aromatic rings. The average Bonchev–Trinajstić information content (AvgIpc) is 2.72. The third-order valence-electron chi connectivity index (χ3n) is 3.92. The second-order valence-electron chi connectivity index (χ2n) is 5.86. The molecule has 0 aliphatic carbocycles. The van der Waals surface area contributed by atoms with Crippen molar-refractivity contribution in [2.24, 2.45) is 5.10 Å². The van der Waals surface area contributed by atoms with Crippen LogP contribution in [0.4, 0.5) is 5.69 Å². The standard InChI is InChI=1S/C19H16N4O5/c20-10-1-11-22-18(24)13-28-19(21-22)15-4-8-17(9-5-15)27-12-14-2-6-16(7-3-14)23(25)26/h2-9H,1,11-13H2. The highest BCUT2D eigenvalue weighted by atomic mass is 16.6. The zero-order chi connectivity index (χ0) is 19.9.